The minimum Gasteiger partial charge on any atom is -0.496 e. The number of hydrogen-bond acceptors (Lipinski definition) is 6. The molecule has 0 N–H and O–H groups in total. The Balaban J connectivity index is 1.62. The van der Waals surface area contributed by atoms with Gasteiger partial charge in [-0.15, -0.1) is 0 Å². The maximum Gasteiger partial charge on any atom is 0.205 e. The predicted molar refractivity (Wildman–Crippen MR) is 90.4 cm³/mol. The Morgan fingerprint density at radius 3 is 2.83 bits per heavy atom. The lowest BCUT2D eigenvalue weighted by Gasteiger charge is -2.45. The van der Waals surface area contributed by atoms with Crippen LogP contribution in [0.4, 0.5) is 5.13 Å². The van der Waals surface area contributed by atoms with Gasteiger partial charge in [-0.3, -0.25) is 0 Å². The standard InChI is InChI=1S/C17H21N3O2S/c1-12-18-16(23-19-12)20-9-7-17(8-10-20)15-13(6-11-22-17)4-3-5-14(15)21-2/h3-5H,6-11H2,1-2H3. The van der Waals surface area contributed by atoms with E-state index in [4.69, 9.17) is 9.47 Å². The van der Waals surface area contributed by atoms with Crippen LogP contribution in [0.2, 0.25) is 0 Å². The number of nitrogens with zero attached hydrogens (tertiary/aromatic N) is 3. The summed E-state index contributed by atoms with van der Waals surface area (Å²) in [6, 6.07) is 6.34. The summed E-state index contributed by atoms with van der Waals surface area (Å²) in [5.41, 5.74) is 2.42. The maximum atomic E-state index is 6.33. The number of aryl methyl sites for hydroxylation is 1. The van der Waals surface area contributed by atoms with E-state index in [-0.39, 0.29) is 5.60 Å². The Hall–Kier alpha value is -1.66. The van der Waals surface area contributed by atoms with Crippen LogP contribution in [0.1, 0.15) is 29.8 Å². The molecule has 23 heavy (non-hydrogen) atoms. The third-order valence-corrected chi connectivity index (χ3v) is 5.76. The molecule has 2 aromatic rings. The smallest absolute Gasteiger partial charge is 0.205 e. The van der Waals surface area contributed by atoms with Gasteiger partial charge in [0, 0.05) is 30.2 Å². The fraction of sp³-hybridized carbons (Fsp3) is 0.529. The average Bonchev–Trinajstić information content (AvgIpc) is 3.02. The molecule has 3 heterocycles. The summed E-state index contributed by atoms with van der Waals surface area (Å²) in [7, 11) is 1.75. The van der Waals surface area contributed by atoms with Crippen LogP contribution in [0.5, 0.6) is 5.75 Å². The summed E-state index contributed by atoms with van der Waals surface area (Å²) in [6.07, 6.45) is 2.88. The SMILES string of the molecule is COc1cccc2c1C1(CCN(c3nc(C)ns3)CC1)OCC2. The van der Waals surface area contributed by atoms with Crippen molar-refractivity contribution in [3.8, 4) is 5.75 Å². The van der Waals surface area contributed by atoms with E-state index in [9.17, 15) is 0 Å². The molecule has 4 rings (SSSR count). The molecule has 1 spiro atoms. The lowest BCUT2D eigenvalue weighted by atomic mass is 9.79. The number of aromatic nitrogens is 2. The fourth-order valence-electron chi connectivity index (χ4n) is 3.77. The van der Waals surface area contributed by atoms with Gasteiger partial charge in [-0.05, 0) is 37.8 Å². The third-order valence-electron chi connectivity index (χ3n) is 4.90. The van der Waals surface area contributed by atoms with Crippen molar-refractivity contribution >= 4 is 16.7 Å². The van der Waals surface area contributed by atoms with E-state index in [0.29, 0.717) is 0 Å². The van der Waals surface area contributed by atoms with E-state index in [1.807, 2.05) is 6.92 Å². The summed E-state index contributed by atoms with van der Waals surface area (Å²) in [5.74, 6) is 1.81. The number of fused-ring (bicyclic) bond motifs is 2. The highest BCUT2D eigenvalue weighted by molar-refractivity contribution is 7.09. The fourth-order valence-corrected chi connectivity index (χ4v) is 4.49. The Kier molecular flexibility index (Phi) is 3.73. The molecule has 5 nitrogen and oxygen atoms in total. The van der Waals surface area contributed by atoms with E-state index >= 15 is 0 Å². The van der Waals surface area contributed by atoms with Gasteiger partial charge in [0.05, 0.1) is 13.7 Å². The molecule has 1 saturated heterocycles. The summed E-state index contributed by atoms with van der Waals surface area (Å²) < 4.78 is 16.3. The molecular weight excluding hydrogens is 310 g/mol. The number of ether oxygens (including phenoxy) is 2. The molecule has 1 fully saturated rings. The molecule has 0 bridgehead atoms. The zero-order valence-electron chi connectivity index (χ0n) is 13.5. The second kappa shape index (κ2) is 5.76. The van der Waals surface area contributed by atoms with Gasteiger partial charge in [0.15, 0.2) is 0 Å². The highest BCUT2D eigenvalue weighted by Crippen LogP contribution is 2.46. The van der Waals surface area contributed by atoms with Crippen molar-refractivity contribution in [3.63, 3.8) is 0 Å². The first-order chi connectivity index (χ1) is 11.2. The van der Waals surface area contributed by atoms with Crippen LogP contribution < -0.4 is 9.64 Å². The number of hydrogen-bond donors (Lipinski definition) is 0. The zero-order valence-corrected chi connectivity index (χ0v) is 14.4. The minimum atomic E-state index is -0.212. The second-order valence-electron chi connectivity index (χ2n) is 6.20. The van der Waals surface area contributed by atoms with Gasteiger partial charge in [-0.25, -0.2) is 4.98 Å². The zero-order chi connectivity index (χ0) is 15.9. The molecule has 122 valence electrons. The summed E-state index contributed by atoms with van der Waals surface area (Å²) in [5, 5.41) is 1.02. The van der Waals surface area contributed by atoms with Crippen molar-refractivity contribution in [2.24, 2.45) is 0 Å². The molecule has 6 heteroatoms. The van der Waals surface area contributed by atoms with E-state index in [1.165, 1.54) is 22.7 Å². The van der Waals surface area contributed by atoms with Crippen molar-refractivity contribution in [3.05, 3.63) is 35.2 Å². The molecule has 2 aliphatic rings. The first kappa shape index (κ1) is 14.9. The van der Waals surface area contributed by atoms with E-state index in [1.54, 1.807) is 7.11 Å². The van der Waals surface area contributed by atoms with Gasteiger partial charge < -0.3 is 14.4 Å². The van der Waals surface area contributed by atoms with Gasteiger partial charge >= 0.3 is 0 Å². The molecular formula is C17H21N3O2S. The lowest BCUT2D eigenvalue weighted by molar-refractivity contribution is -0.0779. The van der Waals surface area contributed by atoms with Gasteiger partial charge in [0.2, 0.25) is 5.13 Å². The maximum absolute atomic E-state index is 6.33. The minimum absolute atomic E-state index is 0.212. The van der Waals surface area contributed by atoms with Crippen molar-refractivity contribution < 1.29 is 9.47 Å². The Morgan fingerprint density at radius 1 is 1.30 bits per heavy atom. The van der Waals surface area contributed by atoms with Crippen LogP contribution in [0.3, 0.4) is 0 Å². The highest BCUT2D eigenvalue weighted by atomic mass is 32.1. The molecule has 0 aliphatic carbocycles. The number of anilines is 1. The van der Waals surface area contributed by atoms with Gasteiger partial charge in [0.1, 0.15) is 17.2 Å². The highest BCUT2D eigenvalue weighted by Gasteiger charge is 2.43. The molecule has 0 unspecified atom stereocenters. The van der Waals surface area contributed by atoms with Crippen molar-refractivity contribution in [2.75, 3.05) is 31.7 Å². The van der Waals surface area contributed by atoms with E-state index in [2.05, 4.69) is 32.5 Å². The van der Waals surface area contributed by atoms with Crippen LogP contribution >= 0.6 is 11.5 Å². The predicted octanol–water partition coefficient (Wildman–Crippen LogP) is 2.92. The van der Waals surface area contributed by atoms with E-state index in [0.717, 1.165) is 55.7 Å². The van der Waals surface area contributed by atoms with Gasteiger partial charge in [0.25, 0.3) is 0 Å². The monoisotopic (exact) mass is 331 g/mol. The van der Waals surface area contributed by atoms with Crippen LogP contribution in [-0.4, -0.2) is 36.2 Å². The normalized spacial score (nSPS) is 19.7. The van der Waals surface area contributed by atoms with Crippen molar-refractivity contribution in [2.45, 2.75) is 31.8 Å². The molecule has 0 atom stereocenters. The molecule has 0 amide bonds. The van der Waals surface area contributed by atoms with E-state index < -0.39 is 0 Å². The van der Waals surface area contributed by atoms with Gasteiger partial charge in [-0.1, -0.05) is 12.1 Å². The molecule has 0 saturated carbocycles. The number of rotatable bonds is 2. The molecule has 1 aromatic carbocycles. The van der Waals surface area contributed by atoms with Crippen molar-refractivity contribution in [1.29, 1.82) is 0 Å². The Morgan fingerprint density at radius 2 is 2.13 bits per heavy atom. The molecule has 1 aromatic heterocycles. The topological polar surface area (TPSA) is 47.5 Å². The Labute approximate surface area is 140 Å². The number of methoxy groups -OCH3 is 1. The van der Waals surface area contributed by atoms with Gasteiger partial charge in [-0.2, -0.15) is 4.37 Å². The Bertz CT molecular complexity index is 693. The average molecular weight is 331 g/mol. The van der Waals surface area contributed by atoms with Crippen molar-refractivity contribution in [1.82, 2.24) is 9.36 Å². The first-order valence-electron chi connectivity index (χ1n) is 8.07. The number of piperidine rings is 1. The second-order valence-corrected chi connectivity index (χ2v) is 6.93. The largest absolute Gasteiger partial charge is 0.496 e. The van der Waals surface area contributed by atoms with Crippen LogP contribution in [-0.2, 0) is 16.8 Å². The quantitative estimate of drug-likeness (QED) is 0.847. The first-order valence-corrected chi connectivity index (χ1v) is 8.85. The molecule has 0 radical (unpaired) electrons. The summed E-state index contributed by atoms with van der Waals surface area (Å²) in [6.45, 7) is 4.60. The van der Waals surface area contributed by atoms with Crippen LogP contribution in [0, 0.1) is 6.92 Å². The van der Waals surface area contributed by atoms with Crippen LogP contribution in [0.25, 0.3) is 0 Å². The molecule has 2 aliphatic heterocycles. The summed E-state index contributed by atoms with van der Waals surface area (Å²) >= 11 is 1.48. The lowest BCUT2D eigenvalue weighted by Crippen LogP contribution is -2.46. The van der Waals surface area contributed by atoms with Crippen LogP contribution in [0.15, 0.2) is 18.2 Å². The third kappa shape index (κ3) is 2.50. The summed E-state index contributed by atoms with van der Waals surface area (Å²) in [4.78, 5) is 6.84. The number of benzene rings is 1.